The van der Waals surface area contributed by atoms with Gasteiger partial charge >= 0.3 is 6.61 Å². The lowest BCUT2D eigenvalue weighted by molar-refractivity contribution is -0.0494. The molecular weight excluding hydrogens is 430 g/mol. The first-order chi connectivity index (χ1) is 14.5. The van der Waals surface area contributed by atoms with Gasteiger partial charge in [-0.2, -0.15) is 8.78 Å². The Morgan fingerprint density at radius 2 is 1.90 bits per heavy atom. The normalized spacial score (nSPS) is 10.9. The van der Waals surface area contributed by atoms with Crippen LogP contribution in [-0.4, -0.2) is 27.5 Å². The number of ether oxygens (including phenoxy) is 1. The zero-order chi connectivity index (χ0) is 21.1. The summed E-state index contributed by atoms with van der Waals surface area (Å²) in [5.74, 6) is -0.320. The van der Waals surface area contributed by atoms with Gasteiger partial charge in [-0.3, -0.25) is 15.1 Å². The number of hydrogen-bond acceptors (Lipinski definition) is 7. The average molecular weight is 444 g/mol. The summed E-state index contributed by atoms with van der Waals surface area (Å²) in [5.41, 5.74) is 2.13. The van der Waals surface area contributed by atoms with E-state index in [0.29, 0.717) is 37.7 Å². The van der Waals surface area contributed by atoms with Crippen LogP contribution in [-0.2, 0) is 0 Å². The highest BCUT2D eigenvalue weighted by Crippen LogP contribution is 2.33. The maximum Gasteiger partial charge on any atom is 0.387 e. The van der Waals surface area contributed by atoms with E-state index in [-0.39, 0.29) is 11.7 Å². The summed E-state index contributed by atoms with van der Waals surface area (Å²) >= 11 is 2.43. The van der Waals surface area contributed by atoms with E-state index < -0.39 is 6.61 Å². The summed E-state index contributed by atoms with van der Waals surface area (Å²) in [6.45, 7) is -1.19. The highest BCUT2D eigenvalue weighted by molar-refractivity contribution is 7.17. The molecule has 0 bridgehead atoms. The number of pyridine rings is 1. The number of alkyl halides is 2. The van der Waals surface area contributed by atoms with Crippen molar-refractivity contribution in [1.29, 1.82) is 0 Å². The third kappa shape index (κ3) is 4.34. The summed E-state index contributed by atoms with van der Waals surface area (Å²) in [6.07, 6.45) is 1.67. The molecule has 3 aromatic heterocycles. The molecule has 0 unspecified atom stereocenters. The number of benzene rings is 1. The van der Waals surface area contributed by atoms with Gasteiger partial charge in [-0.1, -0.05) is 18.2 Å². The van der Waals surface area contributed by atoms with E-state index in [1.807, 2.05) is 18.2 Å². The van der Waals surface area contributed by atoms with Gasteiger partial charge in [-0.25, -0.2) is 9.97 Å². The van der Waals surface area contributed by atoms with Crippen molar-refractivity contribution in [3.05, 3.63) is 64.6 Å². The molecule has 4 aromatic rings. The van der Waals surface area contributed by atoms with Crippen LogP contribution < -0.4 is 10.1 Å². The maximum absolute atomic E-state index is 12.7. The van der Waals surface area contributed by atoms with Gasteiger partial charge in [0.15, 0.2) is 5.13 Å². The van der Waals surface area contributed by atoms with Crippen LogP contribution in [0.2, 0.25) is 0 Å². The van der Waals surface area contributed by atoms with Crippen molar-refractivity contribution < 1.29 is 18.3 Å². The summed E-state index contributed by atoms with van der Waals surface area (Å²) < 4.78 is 29.8. The second kappa shape index (κ2) is 8.64. The smallest absolute Gasteiger partial charge is 0.387 e. The number of carbonyl (C=O) groups is 1. The van der Waals surface area contributed by atoms with Gasteiger partial charge in [-0.15, -0.1) is 22.7 Å². The van der Waals surface area contributed by atoms with Crippen molar-refractivity contribution in [1.82, 2.24) is 15.0 Å². The van der Waals surface area contributed by atoms with Crippen molar-refractivity contribution in [3.8, 4) is 27.7 Å². The largest absolute Gasteiger partial charge is 0.434 e. The number of anilines is 1. The van der Waals surface area contributed by atoms with Crippen LogP contribution in [0.25, 0.3) is 22.0 Å². The van der Waals surface area contributed by atoms with Crippen LogP contribution in [0.15, 0.2) is 54.0 Å². The second-order valence-electron chi connectivity index (χ2n) is 6.02. The molecule has 3 heterocycles. The standard InChI is InChI=1S/C20H14F2N4O2S2/c1-11-16(30-18(24-11)13-7-4-5-9-23-13)17(27)26-20-25-14(10-29-20)12-6-2-3-8-15(12)28-19(21)22/h2-10,19H,1H3,(H,25,26,27). The van der Waals surface area contributed by atoms with E-state index in [9.17, 15) is 13.6 Å². The Bertz CT molecular complexity index is 1180. The fourth-order valence-electron chi connectivity index (χ4n) is 2.69. The van der Waals surface area contributed by atoms with Gasteiger partial charge in [0.2, 0.25) is 0 Å². The molecule has 0 atom stereocenters. The van der Waals surface area contributed by atoms with E-state index in [0.717, 1.165) is 0 Å². The monoisotopic (exact) mass is 444 g/mol. The quantitative estimate of drug-likeness (QED) is 0.425. The van der Waals surface area contributed by atoms with Crippen LogP contribution in [0.4, 0.5) is 13.9 Å². The summed E-state index contributed by atoms with van der Waals surface area (Å²) in [6, 6.07) is 11.9. The Hall–Kier alpha value is -3.24. The third-order valence-electron chi connectivity index (χ3n) is 3.99. The van der Waals surface area contributed by atoms with Crippen LogP contribution in [0.3, 0.4) is 0 Å². The minimum absolute atomic E-state index is 0.0222. The fourth-order valence-corrected chi connectivity index (χ4v) is 4.34. The predicted molar refractivity (Wildman–Crippen MR) is 112 cm³/mol. The molecule has 0 saturated heterocycles. The molecular formula is C20H14F2N4O2S2. The Kier molecular flexibility index (Phi) is 5.77. The van der Waals surface area contributed by atoms with Crippen molar-refractivity contribution in [2.45, 2.75) is 13.5 Å². The van der Waals surface area contributed by atoms with Crippen LogP contribution >= 0.6 is 22.7 Å². The number of para-hydroxylation sites is 1. The zero-order valence-corrected chi connectivity index (χ0v) is 17.1. The molecule has 6 nitrogen and oxygen atoms in total. The Labute approximate surface area is 178 Å². The molecule has 30 heavy (non-hydrogen) atoms. The minimum Gasteiger partial charge on any atom is -0.434 e. The SMILES string of the molecule is Cc1nc(-c2ccccn2)sc1C(=O)Nc1nc(-c2ccccc2OC(F)F)cs1. The molecule has 4 rings (SSSR count). The molecule has 0 aliphatic rings. The number of thiazole rings is 2. The zero-order valence-electron chi connectivity index (χ0n) is 15.5. The van der Waals surface area contributed by atoms with E-state index in [1.54, 1.807) is 36.7 Å². The van der Waals surface area contributed by atoms with E-state index in [1.165, 1.54) is 28.7 Å². The average Bonchev–Trinajstić information content (AvgIpc) is 3.35. The molecule has 1 aromatic carbocycles. The van der Waals surface area contributed by atoms with E-state index in [2.05, 4.69) is 25.0 Å². The summed E-state index contributed by atoms with van der Waals surface area (Å²) in [4.78, 5) is 26.2. The number of nitrogens with zero attached hydrogens (tertiary/aromatic N) is 3. The maximum atomic E-state index is 12.7. The van der Waals surface area contributed by atoms with Gasteiger partial charge in [0.05, 0.1) is 17.1 Å². The lowest BCUT2D eigenvalue weighted by Gasteiger charge is -2.08. The summed E-state index contributed by atoms with van der Waals surface area (Å²) in [5, 5.41) is 5.40. The number of nitrogens with one attached hydrogen (secondary N) is 1. The van der Waals surface area contributed by atoms with E-state index in [4.69, 9.17) is 0 Å². The molecule has 0 fully saturated rings. The molecule has 10 heteroatoms. The van der Waals surface area contributed by atoms with Gasteiger partial charge in [-0.05, 0) is 31.2 Å². The van der Waals surface area contributed by atoms with Gasteiger partial charge in [0.25, 0.3) is 5.91 Å². The molecule has 1 amide bonds. The van der Waals surface area contributed by atoms with E-state index >= 15 is 0 Å². The highest BCUT2D eigenvalue weighted by atomic mass is 32.1. The lowest BCUT2D eigenvalue weighted by atomic mass is 10.1. The number of halogens is 2. The topological polar surface area (TPSA) is 77.0 Å². The molecule has 0 aliphatic heterocycles. The predicted octanol–water partition coefficient (Wildman–Crippen LogP) is 5.49. The number of carbonyl (C=O) groups excluding carboxylic acids is 1. The van der Waals surface area contributed by atoms with Gasteiger partial charge in [0, 0.05) is 17.1 Å². The third-order valence-corrected chi connectivity index (χ3v) is 5.93. The number of rotatable bonds is 6. The number of hydrogen-bond donors (Lipinski definition) is 1. The van der Waals surface area contributed by atoms with Gasteiger partial charge in [0.1, 0.15) is 15.6 Å². The second-order valence-corrected chi connectivity index (χ2v) is 7.87. The minimum atomic E-state index is -2.94. The first-order valence-electron chi connectivity index (χ1n) is 8.71. The number of amides is 1. The van der Waals surface area contributed by atoms with Crippen LogP contribution in [0.5, 0.6) is 5.75 Å². The molecule has 152 valence electrons. The van der Waals surface area contributed by atoms with Crippen molar-refractivity contribution in [2.75, 3.05) is 5.32 Å². The first-order valence-corrected chi connectivity index (χ1v) is 10.4. The van der Waals surface area contributed by atoms with Crippen molar-refractivity contribution in [2.24, 2.45) is 0 Å². The van der Waals surface area contributed by atoms with Crippen LogP contribution in [0, 0.1) is 6.92 Å². The van der Waals surface area contributed by atoms with Crippen molar-refractivity contribution >= 4 is 33.7 Å². The van der Waals surface area contributed by atoms with Crippen LogP contribution in [0.1, 0.15) is 15.4 Å². The molecule has 0 radical (unpaired) electrons. The van der Waals surface area contributed by atoms with Gasteiger partial charge < -0.3 is 4.74 Å². The molecule has 0 spiro atoms. The van der Waals surface area contributed by atoms with Crippen molar-refractivity contribution in [3.63, 3.8) is 0 Å². The lowest BCUT2D eigenvalue weighted by Crippen LogP contribution is -2.11. The molecule has 0 saturated carbocycles. The number of aromatic nitrogens is 3. The Morgan fingerprint density at radius 1 is 1.10 bits per heavy atom. The first kappa shape index (κ1) is 20.0. The number of aryl methyl sites for hydroxylation is 1. The molecule has 0 aliphatic carbocycles. The Balaban J connectivity index is 1.54. The fraction of sp³-hybridized carbons (Fsp3) is 0.100. The highest BCUT2D eigenvalue weighted by Gasteiger charge is 2.19. The Morgan fingerprint density at radius 3 is 2.67 bits per heavy atom. The summed E-state index contributed by atoms with van der Waals surface area (Å²) in [7, 11) is 0. The molecule has 1 N–H and O–H groups in total.